The quantitative estimate of drug-likeness (QED) is 0.783. The monoisotopic (exact) mass is 290 g/mol. The van der Waals surface area contributed by atoms with E-state index in [4.69, 9.17) is 4.74 Å². The van der Waals surface area contributed by atoms with Gasteiger partial charge in [-0.15, -0.1) is 12.4 Å². The van der Waals surface area contributed by atoms with Crippen LogP contribution in [0.5, 0.6) is 0 Å². The maximum Gasteiger partial charge on any atom is 0.221 e. The van der Waals surface area contributed by atoms with Gasteiger partial charge in [0.25, 0.3) is 0 Å². The van der Waals surface area contributed by atoms with Crippen LogP contribution in [0.2, 0.25) is 0 Å². The fourth-order valence-electron chi connectivity index (χ4n) is 2.83. The summed E-state index contributed by atoms with van der Waals surface area (Å²) in [7, 11) is 0. The molecule has 112 valence electrons. The number of hydrogen-bond donors (Lipinski definition) is 2. The molecule has 1 saturated heterocycles. The van der Waals surface area contributed by atoms with Crippen molar-refractivity contribution >= 4 is 18.3 Å². The molecule has 2 fully saturated rings. The van der Waals surface area contributed by atoms with Gasteiger partial charge >= 0.3 is 0 Å². The Morgan fingerprint density at radius 2 is 2.21 bits per heavy atom. The lowest BCUT2D eigenvalue weighted by Gasteiger charge is -2.24. The highest BCUT2D eigenvalue weighted by Gasteiger charge is 2.42. The molecule has 0 bridgehead atoms. The Kier molecular flexibility index (Phi) is 6.57. The van der Waals surface area contributed by atoms with E-state index in [0.717, 1.165) is 25.6 Å². The molecule has 1 heterocycles. The van der Waals surface area contributed by atoms with Crippen molar-refractivity contribution in [3.05, 3.63) is 0 Å². The van der Waals surface area contributed by atoms with E-state index in [9.17, 15) is 4.79 Å². The summed E-state index contributed by atoms with van der Waals surface area (Å²) in [5, 5.41) is 6.41. The Morgan fingerprint density at radius 3 is 2.74 bits per heavy atom. The average Bonchev–Trinajstić information content (AvgIpc) is 3.07. The molecule has 0 aromatic heterocycles. The van der Waals surface area contributed by atoms with Crippen LogP contribution >= 0.6 is 12.4 Å². The van der Waals surface area contributed by atoms with E-state index in [1.165, 1.54) is 19.3 Å². The van der Waals surface area contributed by atoms with Gasteiger partial charge in [-0.25, -0.2) is 0 Å². The Hall–Kier alpha value is -0.320. The molecule has 1 atom stereocenters. The van der Waals surface area contributed by atoms with Crippen molar-refractivity contribution in [1.82, 2.24) is 10.6 Å². The number of nitrogens with one attached hydrogen (secondary N) is 2. The van der Waals surface area contributed by atoms with Crippen LogP contribution in [0.1, 0.15) is 39.5 Å². The predicted octanol–water partition coefficient (Wildman–Crippen LogP) is 1.73. The average molecular weight is 291 g/mol. The Bertz CT molecular complexity index is 287. The fraction of sp³-hybridized carbons (Fsp3) is 0.929. The molecular weight excluding hydrogens is 264 g/mol. The molecule has 1 unspecified atom stereocenters. The van der Waals surface area contributed by atoms with Gasteiger partial charge in [0.05, 0.1) is 13.2 Å². The summed E-state index contributed by atoms with van der Waals surface area (Å²) in [5.41, 5.74) is 0.417. The van der Waals surface area contributed by atoms with Gasteiger partial charge in [0.15, 0.2) is 0 Å². The van der Waals surface area contributed by atoms with Gasteiger partial charge in [-0.1, -0.05) is 13.8 Å². The van der Waals surface area contributed by atoms with E-state index in [1.54, 1.807) is 0 Å². The Balaban J connectivity index is 0.00000180. The zero-order valence-electron chi connectivity index (χ0n) is 12.0. The highest BCUT2D eigenvalue weighted by atomic mass is 35.5. The molecule has 0 aromatic carbocycles. The van der Waals surface area contributed by atoms with E-state index in [1.807, 2.05) is 0 Å². The van der Waals surface area contributed by atoms with Gasteiger partial charge in [0.2, 0.25) is 5.91 Å². The van der Waals surface area contributed by atoms with E-state index in [2.05, 4.69) is 24.5 Å². The largest absolute Gasteiger partial charge is 0.378 e. The molecule has 1 amide bonds. The summed E-state index contributed by atoms with van der Waals surface area (Å²) in [6.45, 7) is 7.64. The third kappa shape index (κ3) is 5.67. The van der Waals surface area contributed by atoms with E-state index in [-0.39, 0.29) is 24.4 Å². The molecule has 0 spiro atoms. The number of rotatable bonds is 6. The normalized spacial score (nSPS) is 24.7. The van der Waals surface area contributed by atoms with Crippen LogP contribution in [-0.2, 0) is 9.53 Å². The summed E-state index contributed by atoms with van der Waals surface area (Å²) >= 11 is 0. The zero-order chi connectivity index (χ0) is 13.0. The zero-order valence-corrected chi connectivity index (χ0v) is 12.9. The molecule has 2 aliphatic rings. The third-order valence-corrected chi connectivity index (χ3v) is 3.89. The summed E-state index contributed by atoms with van der Waals surface area (Å²) in [6.07, 6.45) is 4.32. The van der Waals surface area contributed by atoms with Gasteiger partial charge in [-0.3, -0.25) is 4.79 Å². The topological polar surface area (TPSA) is 50.4 Å². The summed E-state index contributed by atoms with van der Waals surface area (Å²) < 4.78 is 5.35. The molecular formula is C14H27ClN2O2. The second-order valence-electron chi connectivity index (χ2n) is 6.30. The minimum atomic E-state index is 0. The standard InChI is InChI=1S/C14H26N2O2.ClH/c1-11(2)8-14(3-4-14)10-16-13(17)7-12-9-18-6-5-15-12;/h11-12,15H,3-10H2,1-2H3,(H,16,17);1H. The first-order valence-electron chi connectivity index (χ1n) is 7.17. The van der Waals surface area contributed by atoms with Gasteiger partial charge in [0.1, 0.15) is 0 Å². The number of ether oxygens (including phenoxy) is 1. The first-order chi connectivity index (χ1) is 8.60. The SMILES string of the molecule is CC(C)CC1(CNC(=O)CC2COCCN2)CC1.Cl. The van der Waals surface area contributed by atoms with Crippen molar-refractivity contribution in [1.29, 1.82) is 0 Å². The second kappa shape index (κ2) is 7.46. The number of carbonyl (C=O) groups excluding carboxylic acids is 1. The van der Waals surface area contributed by atoms with Crippen molar-refractivity contribution in [2.75, 3.05) is 26.3 Å². The number of carbonyl (C=O) groups is 1. The Labute approximate surface area is 122 Å². The number of hydrogen-bond acceptors (Lipinski definition) is 3. The molecule has 0 radical (unpaired) electrons. The molecule has 4 nitrogen and oxygen atoms in total. The maximum atomic E-state index is 11.9. The molecule has 5 heteroatoms. The van der Waals surface area contributed by atoms with Crippen molar-refractivity contribution in [2.45, 2.75) is 45.6 Å². The molecule has 2 N–H and O–H groups in total. The highest BCUT2D eigenvalue weighted by molar-refractivity contribution is 5.85. The van der Waals surface area contributed by atoms with Crippen molar-refractivity contribution in [2.24, 2.45) is 11.3 Å². The van der Waals surface area contributed by atoms with Crippen LogP contribution in [0, 0.1) is 11.3 Å². The number of amides is 1. The molecule has 19 heavy (non-hydrogen) atoms. The lowest BCUT2D eigenvalue weighted by atomic mass is 9.94. The van der Waals surface area contributed by atoms with Gasteiger partial charge in [-0.05, 0) is 30.6 Å². The van der Waals surface area contributed by atoms with Crippen molar-refractivity contribution in [3.63, 3.8) is 0 Å². The minimum Gasteiger partial charge on any atom is -0.378 e. The van der Waals surface area contributed by atoms with E-state index < -0.39 is 0 Å². The first kappa shape index (κ1) is 16.7. The first-order valence-corrected chi connectivity index (χ1v) is 7.17. The van der Waals surface area contributed by atoms with E-state index in [0.29, 0.717) is 18.4 Å². The fourth-order valence-corrected chi connectivity index (χ4v) is 2.83. The summed E-state index contributed by atoms with van der Waals surface area (Å²) in [4.78, 5) is 11.9. The van der Waals surface area contributed by atoms with Crippen molar-refractivity contribution < 1.29 is 9.53 Å². The van der Waals surface area contributed by atoms with Crippen LogP contribution in [0.15, 0.2) is 0 Å². The molecule has 0 aromatic rings. The summed E-state index contributed by atoms with van der Waals surface area (Å²) in [5.74, 6) is 0.880. The van der Waals surface area contributed by atoms with Crippen LogP contribution in [0.3, 0.4) is 0 Å². The summed E-state index contributed by atoms with van der Waals surface area (Å²) in [6, 6.07) is 0.194. The Morgan fingerprint density at radius 1 is 1.47 bits per heavy atom. The van der Waals surface area contributed by atoms with Crippen molar-refractivity contribution in [3.8, 4) is 0 Å². The molecule has 2 rings (SSSR count). The lowest BCUT2D eigenvalue weighted by Crippen LogP contribution is -2.44. The molecule has 1 aliphatic heterocycles. The van der Waals surface area contributed by atoms with Crippen LogP contribution in [0.4, 0.5) is 0 Å². The number of halogens is 1. The van der Waals surface area contributed by atoms with Gasteiger partial charge in [0, 0.05) is 25.6 Å². The smallest absolute Gasteiger partial charge is 0.221 e. The molecule has 1 aliphatic carbocycles. The maximum absolute atomic E-state index is 11.9. The predicted molar refractivity (Wildman–Crippen MR) is 78.6 cm³/mol. The van der Waals surface area contributed by atoms with Crippen LogP contribution < -0.4 is 10.6 Å². The van der Waals surface area contributed by atoms with Gasteiger partial charge in [-0.2, -0.15) is 0 Å². The highest BCUT2D eigenvalue weighted by Crippen LogP contribution is 2.49. The van der Waals surface area contributed by atoms with Gasteiger partial charge < -0.3 is 15.4 Å². The molecule has 1 saturated carbocycles. The minimum absolute atomic E-state index is 0. The lowest BCUT2D eigenvalue weighted by molar-refractivity contribution is -0.122. The van der Waals surface area contributed by atoms with E-state index >= 15 is 0 Å². The van der Waals surface area contributed by atoms with Crippen LogP contribution in [-0.4, -0.2) is 38.3 Å². The van der Waals surface area contributed by atoms with Crippen LogP contribution in [0.25, 0.3) is 0 Å². The second-order valence-corrected chi connectivity index (χ2v) is 6.30. The third-order valence-electron chi connectivity index (χ3n) is 3.89. The number of morpholine rings is 1.